The summed E-state index contributed by atoms with van der Waals surface area (Å²) in [7, 11) is 1.66. The maximum Gasteiger partial charge on any atom is 0.165 e. The third-order valence-corrected chi connectivity index (χ3v) is 2.58. The molecule has 1 N–H and O–H groups in total. The second-order valence-corrected chi connectivity index (χ2v) is 4.53. The van der Waals surface area contributed by atoms with Crippen LogP contribution in [-0.4, -0.2) is 26.4 Å². The number of halogens is 1. The van der Waals surface area contributed by atoms with Gasteiger partial charge in [-0.3, -0.25) is 0 Å². The first-order valence-electron chi connectivity index (χ1n) is 6.23. The van der Waals surface area contributed by atoms with Crippen molar-refractivity contribution in [1.29, 1.82) is 0 Å². The predicted molar refractivity (Wildman–Crippen MR) is 70.5 cm³/mol. The Kier molecular flexibility index (Phi) is 6.09. The Morgan fingerprint density at radius 2 is 2.00 bits per heavy atom. The van der Waals surface area contributed by atoms with Gasteiger partial charge in [-0.2, -0.15) is 0 Å². The van der Waals surface area contributed by atoms with Gasteiger partial charge < -0.3 is 14.8 Å². The quantitative estimate of drug-likeness (QED) is 0.760. The van der Waals surface area contributed by atoms with Crippen LogP contribution in [0.4, 0.5) is 4.39 Å². The maximum atomic E-state index is 13.8. The van der Waals surface area contributed by atoms with Crippen LogP contribution in [0.25, 0.3) is 0 Å². The van der Waals surface area contributed by atoms with E-state index in [1.165, 1.54) is 6.07 Å². The monoisotopic (exact) mass is 255 g/mol. The van der Waals surface area contributed by atoms with Crippen molar-refractivity contribution in [3.63, 3.8) is 0 Å². The normalized spacial score (nSPS) is 12.8. The van der Waals surface area contributed by atoms with Gasteiger partial charge in [0.2, 0.25) is 0 Å². The van der Waals surface area contributed by atoms with E-state index in [0.717, 1.165) is 12.1 Å². The second kappa shape index (κ2) is 7.34. The van der Waals surface area contributed by atoms with Gasteiger partial charge in [-0.1, -0.05) is 6.07 Å². The van der Waals surface area contributed by atoms with E-state index in [1.807, 2.05) is 26.8 Å². The maximum absolute atomic E-state index is 13.8. The predicted octanol–water partition coefficient (Wildman–Crippen LogP) is 2.91. The van der Waals surface area contributed by atoms with Gasteiger partial charge in [-0.25, -0.2) is 4.39 Å². The second-order valence-electron chi connectivity index (χ2n) is 4.53. The molecule has 4 heteroatoms. The number of benzene rings is 1. The highest BCUT2D eigenvalue weighted by Gasteiger charge is 2.10. The topological polar surface area (TPSA) is 30.5 Å². The Morgan fingerprint density at radius 3 is 2.56 bits per heavy atom. The van der Waals surface area contributed by atoms with E-state index in [4.69, 9.17) is 9.47 Å². The van der Waals surface area contributed by atoms with E-state index in [-0.39, 0.29) is 18.0 Å². The van der Waals surface area contributed by atoms with Gasteiger partial charge in [0.05, 0.1) is 12.7 Å². The molecule has 0 radical (unpaired) electrons. The fraction of sp³-hybridized carbons (Fsp3) is 0.571. The average molecular weight is 255 g/mol. The zero-order valence-corrected chi connectivity index (χ0v) is 11.5. The Bertz CT molecular complexity index is 369. The molecule has 1 aromatic rings. The Hall–Kier alpha value is -1.13. The average Bonchev–Trinajstić information content (AvgIpc) is 2.31. The van der Waals surface area contributed by atoms with Crippen LogP contribution in [0.1, 0.15) is 32.4 Å². The van der Waals surface area contributed by atoms with Crippen LogP contribution in [0, 0.1) is 5.82 Å². The van der Waals surface area contributed by atoms with Crippen molar-refractivity contribution >= 4 is 0 Å². The van der Waals surface area contributed by atoms with Crippen molar-refractivity contribution < 1.29 is 13.9 Å². The zero-order chi connectivity index (χ0) is 13.5. The van der Waals surface area contributed by atoms with Gasteiger partial charge in [0, 0.05) is 19.7 Å². The Morgan fingerprint density at radius 1 is 1.28 bits per heavy atom. The van der Waals surface area contributed by atoms with Crippen LogP contribution >= 0.6 is 0 Å². The van der Waals surface area contributed by atoms with Gasteiger partial charge in [0.1, 0.15) is 0 Å². The lowest BCUT2D eigenvalue weighted by molar-refractivity contribution is 0.196. The number of rotatable bonds is 7. The summed E-state index contributed by atoms with van der Waals surface area (Å²) in [5, 5.41) is 3.25. The molecule has 1 rings (SSSR count). The molecule has 0 aliphatic carbocycles. The van der Waals surface area contributed by atoms with Crippen LogP contribution in [0.15, 0.2) is 18.2 Å². The van der Waals surface area contributed by atoms with Crippen LogP contribution in [-0.2, 0) is 4.74 Å². The summed E-state index contributed by atoms with van der Waals surface area (Å²) in [6.45, 7) is 7.13. The number of hydrogen-bond donors (Lipinski definition) is 1. The number of hydrogen-bond acceptors (Lipinski definition) is 3. The van der Waals surface area contributed by atoms with Crippen LogP contribution in [0.2, 0.25) is 0 Å². The first-order chi connectivity index (χ1) is 8.54. The van der Waals surface area contributed by atoms with E-state index in [1.54, 1.807) is 13.2 Å². The summed E-state index contributed by atoms with van der Waals surface area (Å²) < 4.78 is 24.1. The van der Waals surface area contributed by atoms with Crippen molar-refractivity contribution in [2.24, 2.45) is 0 Å². The summed E-state index contributed by atoms with van der Waals surface area (Å²) >= 11 is 0. The van der Waals surface area contributed by atoms with E-state index in [2.05, 4.69) is 5.32 Å². The zero-order valence-electron chi connectivity index (χ0n) is 11.5. The Labute approximate surface area is 108 Å². The largest absolute Gasteiger partial charge is 0.488 e. The Balaban J connectivity index is 2.65. The fourth-order valence-electron chi connectivity index (χ4n) is 1.63. The minimum absolute atomic E-state index is 0.0254. The lowest BCUT2D eigenvalue weighted by Crippen LogP contribution is -2.23. The van der Waals surface area contributed by atoms with Crippen molar-refractivity contribution in [3.05, 3.63) is 29.6 Å². The molecule has 0 spiro atoms. The van der Waals surface area contributed by atoms with Gasteiger partial charge in [0.25, 0.3) is 0 Å². The third-order valence-electron chi connectivity index (χ3n) is 2.58. The highest BCUT2D eigenvalue weighted by atomic mass is 19.1. The van der Waals surface area contributed by atoms with Crippen molar-refractivity contribution in [2.75, 3.05) is 20.3 Å². The summed E-state index contributed by atoms with van der Waals surface area (Å²) in [6, 6.07) is 5.16. The number of ether oxygens (including phenoxy) is 2. The first-order valence-corrected chi connectivity index (χ1v) is 6.23. The van der Waals surface area contributed by atoms with Crippen LogP contribution in [0.3, 0.4) is 0 Å². The van der Waals surface area contributed by atoms with Crippen molar-refractivity contribution in [1.82, 2.24) is 5.32 Å². The van der Waals surface area contributed by atoms with Gasteiger partial charge in [0.15, 0.2) is 11.6 Å². The minimum atomic E-state index is -0.318. The fourth-order valence-corrected chi connectivity index (χ4v) is 1.63. The molecule has 0 fully saturated rings. The molecule has 0 saturated heterocycles. The lowest BCUT2D eigenvalue weighted by Gasteiger charge is -2.16. The van der Waals surface area contributed by atoms with Crippen molar-refractivity contribution in [2.45, 2.75) is 32.9 Å². The van der Waals surface area contributed by atoms with Crippen LogP contribution in [0.5, 0.6) is 5.75 Å². The molecule has 0 aliphatic heterocycles. The van der Waals surface area contributed by atoms with Crippen LogP contribution < -0.4 is 10.1 Å². The van der Waals surface area contributed by atoms with Gasteiger partial charge in [-0.15, -0.1) is 0 Å². The molecule has 102 valence electrons. The molecule has 0 bridgehead atoms. The molecule has 0 amide bonds. The highest BCUT2D eigenvalue weighted by Crippen LogP contribution is 2.22. The molecule has 0 aliphatic rings. The minimum Gasteiger partial charge on any atom is -0.488 e. The first kappa shape index (κ1) is 14.9. The van der Waals surface area contributed by atoms with Gasteiger partial charge in [-0.05, 0) is 38.5 Å². The van der Waals surface area contributed by atoms with Crippen molar-refractivity contribution in [3.8, 4) is 5.75 Å². The molecule has 18 heavy (non-hydrogen) atoms. The lowest BCUT2D eigenvalue weighted by atomic mass is 10.1. The number of methoxy groups -OCH3 is 1. The van der Waals surface area contributed by atoms with E-state index in [9.17, 15) is 4.39 Å². The molecule has 3 nitrogen and oxygen atoms in total. The third kappa shape index (κ3) is 4.63. The number of nitrogens with one attached hydrogen (secondary N) is 1. The standard InChI is InChI=1S/C14H22FNO2/c1-10(2)18-14-6-5-12(9-13(14)15)11(3)16-7-8-17-4/h5-6,9-11,16H,7-8H2,1-4H3/t11-/m0/s1. The molecule has 0 aromatic heterocycles. The van der Waals surface area contributed by atoms with E-state index >= 15 is 0 Å². The molecule has 0 heterocycles. The SMILES string of the molecule is COCCN[C@@H](C)c1ccc(OC(C)C)c(F)c1. The molecular weight excluding hydrogens is 233 g/mol. The smallest absolute Gasteiger partial charge is 0.165 e. The molecule has 0 unspecified atom stereocenters. The van der Waals surface area contributed by atoms with Gasteiger partial charge >= 0.3 is 0 Å². The van der Waals surface area contributed by atoms with E-state index < -0.39 is 0 Å². The summed E-state index contributed by atoms with van der Waals surface area (Å²) in [4.78, 5) is 0. The highest BCUT2D eigenvalue weighted by molar-refractivity contribution is 5.31. The molecule has 1 atom stereocenters. The molecule has 0 saturated carbocycles. The van der Waals surface area contributed by atoms with E-state index in [0.29, 0.717) is 12.4 Å². The molecule has 1 aromatic carbocycles. The molecular formula is C14H22FNO2. The summed E-state index contributed by atoms with van der Waals surface area (Å²) in [5.41, 5.74) is 0.903. The summed E-state index contributed by atoms with van der Waals surface area (Å²) in [6.07, 6.45) is -0.0254. The summed E-state index contributed by atoms with van der Waals surface area (Å²) in [5.74, 6) is -0.0144.